The van der Waals surface area contributed by atoms with Crippen LogP contribution in [0.4, 0.5) is 5.69 Å². The van der Waals surface area contributed by atoms with E-state index in [1.165, 1.54) is 6.08 Å². The first kappa shape index (κ1) is 20.2. The number of carboxylic acids is 1. The number of anilines is 1. The monoisotopic (exact) mass is 452 g/mol. The van der Waals surface area contributed by atoms with Crippen LogP contribution in [0.2, 0.25) is 0 Å². The van der Waals surface area contributed by atoms with E-state index >= 15 is 0 Å². The van der Waals surface area contributed by atoms with Crippen LogP contribution in [0.3, 0.4) is 0 Å². The van der Waals surface area contributed by atoms with E-state index in [0.717, 1.165) is 4.47 Å². The van der Waals surface area contributed by atoms with E-state index < -0.39 is 11.9 Å². The minimum atomic E-state index is -1.26. The van der Waals surface area contributed by atoms with Crippen LogP contribution in [0.15, 0.2) is 83.0 Å². The van der Waals surface area contributed by atoms with Gasteiger partial charge in [-0.05, 0) is 64.0 Å². The average Bonchev–Trinajstić information content (AvgIpc) is 2.71. The highest BCUT2D eigenvalue weighted by Gasteiger charge is 2.14. The Morgan fingerprint density at radius 1 is 0.966 bits per heavy atom. The molecule has 0 aromatic heterocycles. The summed E-state index contributed by atoms with van der Waals surface area (Å²) in [7, 11) is 0. The summed E-state index contributed by atoms with van der Waals surface area (Å²) < 4.78 is 6.57. The summed E-state index contributed by atoms with van der Waals surface area (Å²) in [6.45, 7) is 0. The Kier molecular flexibility index (Phi) is 6.31. The third kappa shape index (κ3) is 5.24. The van der Waals surface area contributed by atoms with Crippen molar-refractivity contribution in [1.82, 2.24) is 5.32 Å². The van der Waals surface area contributed by atoms with E-state index in [2.05, 4.69) is 21.2 Å². The number of benzene rings is 3. The van der Waals surface area contributed by atoms with E-state index in [-0.39, 0.29) is 5.70 Å². The van der Waals surface area contributed by atoms with Crippen molar-refractivity contribution in [3.63, 3.8) is 0 Å². The molecule has 0 heterocycles. The number of nitrogen functional groups attached to an aromatic ring is 1. The van der Waals surface area contributed by atoms with Gasteiger partial charge in [-0.2, -0.15) is 0 Å². The topological polar surface area (TPSA) is 102 Å². The molecule has 0 saturated carbocycles. The summed E-state index contributed by atoms with van der Waals surface area (Å²) in [6.07, 6.45) is 1.34. The van der Waals surface area contributed by atoms with Crippen LogP contribution in [0, 0.1) is 0 Å². The number of aliphatic carboxylic acids is 1. The molecule has 4 N–H and O–H groups in total. The number of amides is 1. The van der Waals surface area contributed by atoms with Crippen molar-refractivity contribution >= 4 is 39.6 Å². The number of para-hydroxylation sites is 1. The zero-order valence-electron chi connectivity index (χ0n) is 15.1. The normalized spacial score (nSPS) is 11.0. The van der Waals surface area contributed by atoms with Gasteiger partial charge in [-0.25, -0.2) is 4.79 Å². The van der Waals surface area contributed by atoms with Crippen molar-refractivity contribution in [2.45, 2.75) is 0 Å². The molecule has 0 aliphatic rings. The molecule has 0 saturated heterocycles. The van der Waals surface area contributed by atoms with Crippen molar-refractivity contribution in [3.05, 3.63) is 94.1 Å². The molecule has 0 radical (unpaired) electrons. The lowest BCUT2D eigenvalue weighted by Gasteiger charge is -2.11. The zero-order valence-corrected chi connectivity index (χ0v) is 16.7. The molecule has 0 atom stereocenters. The molecule has 3 aromatic carbocycles. The molecule has 3 aromatic rings. The highest BCUT2D eigenvalue weighted by Crippen LogP contribution is 2.33. The van der Waals surface area contributed by atoms with Crippen LogP contribution in [-0.2, 0) is 4.79 Å². The van der Waals surface area contributed by atoms with Gasteiger partial charge in [-0.1, -0.05) is 36.4 Å². The molecule has 29 heavy (non-hydrogen) atoms. The van der Waals surface area contributed by atoms with Gasteiger partial charge in [0.15, 0.2) is 0 Å². The summed E-state index contributed by atoms with van der Waals surface area (Å²) in [5.41, 5.74) is 6.99. The van der Waals surface area contributed by atoms with E-state index in [4.69, 9.17) is 10.5 Å². The van der Waals surface area contributed by atoms with Crippen LogP contribution in [0.5, 0.6) is 11.5 Å². The van der Waals surface area contributed by atoms with Crippen LogP contribution in [-0.4, -0.2) is 17.0 Å². The van der Waals surface area contributed by atoms with E-state index in [9.17, 15) is 14.7 Å². The Hall–Kier alpha value is -3.58. The third-order valence-electron chi connectivity index (χ3n) is 3.92. The molecule has 6 nitrogen and oxygen atoms in total. The summed E-state index contributed by atoms with van der Waals surface area (Å²) >= 11 is 3.40. The summed E-state index contributed by atoms with van der Waals surface area (Å²) in [4.78, 5) is 23.8. The van der Waals surface area contributed by atoms with Gasteiger partial charge in [0.1, 0.15) is 17.2 Å². The fourth-order valence-electron chi connectivity index (χ4n) is 2.50. The highest BCUT2D eigenvalue weighted by atomic mass is 79.9. The molecule has 0 spiro atoms. The van der Waals surface area contributed by atoms with Gasteiger partial charge in [0.25, 0.3) is 5.91 Å². The van der Waals surface area contributed by atoms with Crippen LogP contribution < -0.4 is 15.8 Å². The molecule has 0 aliphatic carbocycles. The van der Waals surface area contributed by atoms with Crippen molar-refractivity contribution < 1.29 is 19.4 Å². The Labute approximate surface area is 175 Å². The molecule has 0 fully saturated rings. The molecule has 0 unspecified atom stereocenters. The van der Waals surface area contributed by atoms with Gasteiger partial charge in [-0.15, -0.1) is 0 Å². The number of carbonyl (C=O) groups is 2. The Balaban J connectivity index is 1.81. The number of carboxylic acid groups (broad SMARTS) is 1. The van der Waals surface area contributed by atoms with Crippen LogP contribution >= 0.6 is 15.9 Å². The van der Waals surface area contributed by atoms with E-state index in [1.54, 1.807) is 54.6 Å². The van der Waals surface area contributed by atoms with Crippen molar-refractivity contribution in [3.8, 4) is 11.5 Å². The predicted octanol–water partition coefficient (Wildman–Crippen LogP) is 4.68. The Morgan fingerprint density at radius 3 is 2.31 bits per heavy atom. The molecular formula is C22H17BrN2O4. The van der Waals surface area contributed by atoms with Crippen molar-refractivity contribution in [2.24, 2.45) is 0 Å². The second kappa shape index (κ2) is 9.07. The maximum absolute atomic E-state index is 12.2. The van der Waals surface area contributed by atoms with Gasteiger partial charge in [0, 0.05) is 5.56 Å². The minimum Gasteiger partial charge on any atom is -0.477 e. The van der Waals surface area contributed by atoms with Crippen LogP contribution in [0.1, 0.15) is 15.9 Å². The lowest BCUT2D eigenvalue weighted by Crippen LogP contribution is -2.27. The van der Waals surface area contributed by atoms with Crippen molar-refractivity contribution in [2.75, 3.05) is 5.73 Å². The van der Waals surface area contributed by atoms with Gasteiger partial charge in [0.2, 0.25) is 0 Å². The highest BCUT2D eigenvalue weighted by molar-refractivity contribution is 9.10. The fourth-order valence-corrected chi connectivity index (χ4v) is 2.86. The zero-order chi connectivity index (χ0) is 20.8. The summed E-state index contributed by atoms with van der Waals surface area (Å²) in [6, 6.07) is 20.6. The van der Waals surface area contributed by atoms with Gasteiger partial charge in [0.05, 0.1) is 10.2 Å². The van der Waals surface area contributed by atoms with Gasteiger partial charge in [-0.3, -0.25) is 4.79 Å². The predicted molar refractivity (Wildman–Crippen MR) is 115 cm³/mol. The second-order valence-corrected chi connectivity index (χ2v) is 6.87. The number of halogens is 1. The maximum atomic E-state index is 12.2. The number of carbonyl (C=O) groups excluding carboxylic acids is 1. The average molecular weight is 453 g/mol. The third-order valence-corrected chi connectivity index (χ3v) is 4.57. The number of hydrogen-bond acceptors (Lipinski definition) is 4. The maximum Gasteiger partial charge on any atom is 0.352 e. The first-order chi connectivity index (χ1) is 13.9. The molecule has 0 bridgehead atoms. The number of hydrogen-bond donors (Lipinski definition) is 3. The Bertz CT molecular complexity index is 1080. The first-order valence-corrected chi connectivity index (χ1v) is 9.36. The molecule has 3 rings (SSSR count). The molecular weight excluding hydrogens is 436 g/mol. The number of rotatable bonds is 6. The smallest absolute Gasteiger partial charge is 0.352 e. The first-order valence-electron chi connectivity index (χ1n) is 8.57. The van der Waals surface area contributed by atoms with Crippen LogP contribution in [0.25, 0.3) is 6.08 Å². The lowest BCUT2D eigenvalue weighted by molar-refractivity contribution is -0.132. The largest absolute Gasteiger partial charge is 0.477 e. The summed E-state index contributed by atoms with van der Waals surface area (Å²) in [5.74, 6) is -0.745. The molecule has 0 aliphatic heterocycles. The number of nitrogens with two attached hydrogens (primary N) is 1. The Morgan fingerprint density at radius 2 is 1.66 bits per heavy atom. The quantitative estimate of drug-likeness (QED) is 0.372. The van der Waals surface area contributed by atoms with Gasteiger partial charge < -0.3 is 20.9 Å². The standard InChI is InChI=1S/C22H17BrN2O4/c23-16-8-4-5-9-19(16)29-20-11-10-14(12-17(20)24)13-18(22(27)28)25-21(26)15-6-2-1-3-7-15/h1-13H,24H2,(H,25,26)(H,27,28)/b18-13+. The van der Waals surface area contributed by atoms with E-state index in [0.29, 0.717) is 28.3 Å². The lowest BCUT2D eigenvalue weighted by atomic mass is 10.1. The second-order valence-electron chi connectivity index (χ2n) is 6.01. The number of nitrogens with one attached hydrogen (secondary N) is 1. The number of ether oxygens (including phenoxy) is 1. The molecule has 7 heteroatoms. The van der Waals surface area contributed by atoms with E-state index in [1.807, 2.05) is 18.2 Å². The minimum absolute atomic E-state index is 0.266. The van der Waals surface area contributed by atoms with Gasteiger partial charge >= 0.3 is 5.97 Å². The molecule has 1 amide bonds. The van der Waals surface area contributed by atoms with Crippen molar-refractivity contribution in [1.29, 1.82) is 0 Å². The summed E-state index contributed by atoms with van der Waals surface area (Å²) in [5, 5.41) is 11.8. The molecule has 146 valence electrons. The SMILES string of the molecule is Nc1cc(/C=C(/NC(=O)c2ccccc2)C(=O)O)ccc1Oc1ccccc1Br. The fraction of sp³-hybridized carbons (Fsp3) is 0.